The fraction of sp³-hybridized carbons (Fsp3) is 0.429. The molecule has 1 aromatic rings. The number of benzene rings is 1. The average Bonchev–Trinajstić information content (AvgIpc) is 2.35. The van der Waals surface area contributed by atoms with Crippen molar-refractivity contribution in [2.45, 2.75) is 19.4 Å². The highest BCUT2D eigenvalue weighted by Crippen LogP contribution is 2.19. The SMILES string of the molecule is COCCC(C)Oc1ccccc1C#CCCl. The minimum atomic E-state index is 0.105. The first-order chi connectivity index (χ1) is 8.27. The van der Waals surface area contributed by atoms with Crippen molar-refractivity contribution in [3.63, 3.8) is 0 Å². The molecule has 1 aromatic carbocycles. The molecule has 0 fully saturated rings. The molecule has 92 valence electrons. The molecule has 1 atom stereocenters. The lowest BCUT2D eigenvalue weighted by Crippen LogP contribution is -2.14. The third kappa shape index (κ3) is 5.12. The van der Waals surface area contributed by atoms with Crippen LogP contribution in [0, 0.1) is 11.8 Å². The van der Waals surface area contributed by atoms with Crippen molar-refractivity contribution in [3.8, 4) is 17.6 Å². The van der Waals surface area contributed by atoms with Crippen molar-refractivity contribution < 1.29 is 9.47 Å². The van der Waals surface area contributed by atoms with Crippen molar-refractivity contribution >= 4 is 11.6 Å². The van der Waals surface area contributed by atoms with Crippen molar-refractivity contribution in [2.75, 3.05) is 19.6 Å². The molecule has 0 spiro atoms. The molecule has 0 amide bonds. The molecule has 2 nitrogen and oxygen atoms in total. The van der Waals surface area contributed by atoms with Crippen LogP contribution >= 0.6 is 11.6 Å². The Morgan fingerprint density at radius 1 is 1.35 bits per heavy atom. The summed E-state index contributed by atoms with van der Waals surface area (Å²) in [5.74, 6) is 6.94. The summed E-state index contributed by atoms with van der Waals surface area (Å²) in [7, 11) is 1.69. The van der Waals surface area contributed by atoms with E-state index in [9.17, 15) is 0 Å². The molecule has 0 bridgehead atoms. The molecule has 0 aliphatic rings. The molecule has 0 aliphatic heterocycles. The van der Waals surface area contributed by atoms with Crippen LogP contribution in [0.1, 0.15) is 18.9 Å². The molecule has 0 aliphatic carbocycles. The predicted molar refractivity (Wildman–Crippen MR) is 70.6 cm³/mol. The third-order valence-corrected chi connectivity index (χ3v) is 2.37. The van der Waals surface area contributed by atoms with Crippen LogP contribution in [0.25, 0.3) is 0 Å². The average molecular weight is 253 g/mol. The number of hydrogen-bond acceptors (Lipinski definition) is 2. The largest absolute Gasteiger partial charge is 0.489 e. The number of para-hydroxylation sites is 1. The van der Waals surface area contributed by atoms with Gasteiger partial charge in [-0.2, -0.15) is 0 Å². The van der Waals surface area contributed by atoms with E-state index in [0.29, 0.717) is 12.5 Å². The highest BCUT2D eigenvalue weighted by Gasteiger charge is 2.06. The van der Waals surface area contributed by atoms with Gasteiger partial charge in [-0.15, -0.1) is 11.6 Å². The van der Waals surface area contributed by atoms with Crippen LogP contribution in [0.3, 0.4) is 0 Å². The van der Waals surface area contributed by atoms with Crippen LogP contribution < -0.4 is 4.74 Å². The number of methoxy groups -OCH3 is 1. The number of alkyl halides is 1. The van der Waals surface area contributed by atoms with E-state index in [4.69, 9.17) is 21.1 Å². The molecule has 3 heteroatoms. The molecule has 0 aromatic heterocycles. The summed E-state index contributed by atoms with van der Waals surface area (Å²) in [4.78, 5) is 0. The van der Waals surface area contributed by atoms with E-state index in [-0.39, 0.29) is 6.10 Å². The van der Waals surface area contributed by atoms with Crippen molar-refractivity contribution in [2.24, 2.45) is 0 Å². The van der Waals surface area contributed by atoms with E-state index in [1.807, 2.05) is 31.2 Å². The fourth-order valence-electron chi connectivity index (χ4n) is 1.36. The minimum Gasteiger partial charge on any atom is -0.489 e. The van der Waals surface area contributed by atoms with Gasteiger partial charge in [0.15, 0.2) is 0 Å². The number of ether oxygens (including phenoxy) is 2. The molecule has 0 saturated heterocycles. The molecule has 17 heavy (non-hydrogen) atoms. The smallest absolute Gasteiger partial charge is 0.135 e. The monoisotopic (exact) mass is 252 g/mol. The molecule has 1 rings (SSSR count). The van der Waals surface area contributed by atoms with Gasteiger partial charge in [-0.05, 0) is 19.1 Å². The number of halogens is 1. The van der Waals surface area contributed by atoms with Crippen LogP contribution in [0.15, 0.2) is 24.3 Å². The third-order valence-electron chi connectivity index (χ3n) is 2.23. The lowest BCUT2D eigenvalue weighted by atomic mass is 10.2. The van der Waals surface area contributed by atoms with Crippen molar-refractivity contribution in [1.82, 2.24) is 0 Å². The van der Waals surface area contributed by atoms with Gasteiger partial charge in [-0.1, -0.05) is 24.0 Å². The van der Waals surface area contributed by atoms with Crippen LogP contribution in [0.2, 0.25) is 0 Å². The second-order valence-corrected chi connectivity index (χ2v) is 3.91. The maximum atomic E-state index is 5.82. The van der Waals surface area contributed by atoms with Crippen LogP contribution in [-0.4, -0.2) is 25.7 Å². The Bertz CT molecular complexity index is 393. The zero-order valence-corrected chi connectivity index (χ0v) is 11.0. The number of hydrogen-bond donors (Lipinski definition) is 0. The Morgan fingerprint density at radius 3 is 2.82 bits per heavy atom. The highest BCUT2D eigenvalue weighted by molar-refractivity contribution is 6.19. The topological polar surface area (TPSA) is 18.5 Å². The van der Waals surface area contributed by atoms with Crippen LogP contribution in [0.4, 0.5) is 0 Å². The quantitative estimate of drug-likeness (QED) is 0.592. The van der Waals surface area contributed by atoms with Gasteiger partial charge in [0.25, 0.3) is 0 Å². The normalized spacial score (nSPS) is 11.5. The summed E-state index contributed by atoms with van der Waals surface area (Å²) < 4.78 is 10.8. The molecular formula is C14H17ClO2. The van der Waals surface area contributed by atoms with Crippen molar-refractivity contribution in [1.29, 1.82) is 0 Å². The molecule has 0 heterocycles. The molecule has 0 saturated carbocycles. The molecule has 1 unspecified atom stereocenters. The van der Waals surface area contributed by atoms with Gasteiger partial charge < -0.3 is 9.47 Å². The van der Waals surface area contributed by atoms with Crippen molar-refractivity contribution in [3.05, 3.63) is 29.8 Å². The van der Waals surface area contributed by atoms with Gasteiger partial charge in [0.05, 0.1) is 17.5 Å². The summed E-state index contributed by atoms with van der Waals surface area (Å²) in [6.07, 6.45) is 0.960. The number of rotatable bonds is 5. The zero-order valence-electron chi connectivity index (χ0n) is 10.2. The Hall–Kier alpha value is -1.17. The summed E-state index contributed by atoms with van der Waals surface area (Å²) >= 11 is 5.55. The van der Waals surface area contributed by atoms with E-state index < -0.39 is 0 Å². The maximum Gasteiger partial charge on any atom is 0.135 e. The fourth-order valence-corrected chi connectivity index (χ4v) is 1.43. The van der Waals surface area contributed by atoms with Gasteiger partial charge in [0.1, 0.15) is 5.75 Å². The minimum absolute atomic E-state index is 0.105. The van der Waals surface area contributed by atoms with Gasteiger partial charge >= 0.3 is 0 Å². The first-order valence-electron chi connectivity index (χ1n) is 5.57. The van der Waals surface area contributed by atoms with E-state index in [1.54, 1.807) is 7.11 Å². The Morgan fingerprint density at radius 2 is 2.12 bits per heavy atom. The standard InChI is InChI=1S/C14H17ClO2/c1-12(9-11-16-2)17-14-8-4-3-6-13(14)7-5-10-15/h3-4,6,8,12H,9-11H2,1-2H3. The Kier molecular flexibility index (Phi) is 6.54. The Labute approximate surface area is 108 Å². The lowest BCUT2D eigenvalue weighted by Gasteiger charge is -2.15. The molecule has 0 radical (unpaired) electrons. The van der Waals surface area contributed by atoms with E-state index in [2.05, 4.69) is 11.8 Å². The van der Waals surface area contributed by atoms with E-state index in [1.165, 1.54) is 0 Å². The van der Waals surface area contributed by atoms with Gasteiger partial charge in [0, 0.05) is 20.1 Å². The Balaban J connectivity index is 2.69. The first kappa shape index (κ1) is 13.9. The first-order valence-corrected chi connectivity index (χ1v) is 6.11. The lowest BCUT2D eigenvalue weighted by molar-refractivity contribution is 0.135. The maximum absolute atomic E-state index is 5.82. The highest BCUT2D eigenvalue weighted by atomic mass is 35.5. The van der Waals surface area contributed by atoms with E-state index >= 15 is 0 Å². The summed E-state index contributed by atoms with van der Waals surface area (Å²) in [5.41, 5.74) is 0.873. The second kappa shape index (κ2) is 8.00. The summed E-state index contributed by atoms with van der Waals surface area (Å²) in [6, 6.07) is 7.72. The van der Waals surface area contributed by atoms with Gasteiger partial charge in [-0.3, -0.25) is 0 Å². The summed E-state index contributed by atoms with van der Waals surface area (Å²) in [6.45, 7) is 2.71. The van der Waals surface area contributed by atoms with Gasteiger partial charge in [0.2, 0.25) is 0 Å². The van der Waals surface area contributed by atoms with E-state index in [0.717, 1.165) is 17.7 Å². The van der Waals surface area contributed by atoms with Crippen LogP contribution in [-0.2, 0) is 4.74 Å². The van der Waals surface area contributed by atoms with Crippen LogP contribution in [0.5, 0.6) is 5.75 Å². The zero-order chi connectivity index (χ0) is 12.5. The predicted octanol–water partition coefficient (Wildman–Crippen LogP) is 3.08. The molecular weight excluding hydrogens is 236 g/mol. The second-order valence-electron chi connectivity index (χ2n) is 3.64. The molecule has 0 N–H and O–H groups in total. The van der Waals surface area contributed by atoms with Gasteiger partial charge in [-0.25, -0.2) is 0 Å². The summed E-state index contributed by atoms with van der Waals surface area (Å²) in [5, 5.41) is 0.